The first-order valence-electron chi connectivity index (χ1n) is 6.48. The molecule has 0 bridgehead atoms. The molecule has 5 heteroatoms. The van der Waals surface area contributed by atoms with Crippen LogP contribution in [0.5, 0.6) is 0 Å². The summed E-state index contributed by atoms with van der Waals surface area (Å²) in [5.74, 6) is -1.30. The molecule has 0 saturated heterocycles. The minimum absolute atomic E-state index is 0.189. The Morgan fingerprint density at radius 3 is 2.48 bits per heavy atom. The molecule has 1 amide bonds. The number of nitrogens with one attached hydrogen (secondary N) is 1. The van der Waals surface area contributed by atoms with E-state index in [1.54, 1.807) is 24.3 Å². The first kappa shape index (κ1) is 14.7. The van der Waals surface area contributed by atoms with Crippen LogP contribution in [0.3, 0.4) is 0 Å². The van der Waals surface area contributed by atoms with Gasteiger partial charge >= 0.3 is 5.97 Å². The minimum atomic E-state index is -0.996. The van der Waals surface area contributed by atoms with E-state index < -0.39 is 12.0 Å². The smallest absolute Gasteiger partial charge is 0.335 e. The predicted molar refractivity (Wildman–Crippen MR) is 78.6 cm³/mol. The highest BCUT2D eigenvalue weighted by molar-refractivity contribution is 5.87. The van der Waals surface area contributed by atoms with Crippen LogP contribution in [0.25, 0.3) is 0 Å². The molecule has 0 aliphatic rings. The lowest BCUT2D eigenvalue weighted by Gasteiger charge is -2.12. The van der Waals surface area contributed by atoms with E-state index in [9.17, 15) is 9.59 Å². The number of carbonyl (C=O) groups is 2. The van der Waals surface area contributed by atoms with Gasteiger partial charge in [0.05, 0.1) is 5.56 Å². The lowest BCUT2D eigenvalue weighted by Crippen LogP contribution is -2.33. The number of carboxylic acids is 1. The Kier molecular flexibility index (Phi) is 4.68. The summed E-state index contributed by atoms with van der Waals surface area (Å²) in [7, 11) is 0. The van der Waals surface area contributed by atoms with Gasteiger partial charge in [-0.3, -0.25) is 4.79 Å². The van der Waals surface area contributed by atoms with Crippen LogP contribution in [-0.2, 0) is 11.3 Å². The van der Waals surface area contributed by atoms with Crippen molar-refractivity contribution in [2.75, 3.05) is 0 Å². The summed E-state index contributed by atoms with van der Waals surface area (Å²) in [5.41, 5.74) is 7.51. The molecule has 0 heterocycles. The third kappa shape index (κ3) is 3.90. The lowest BCUT2D eigenvalue weighted by molar-refractivity contribution is -0.122. The van der Waals surface area contributed by atoms with E-state index in [-0.39, 0.29) is 18.0 Å². The van der Waals surface area contributed by atoms with Crippen molar-refractivity contribution in [3.8, 4) is 0 Å². The van der Waals surface area contributed by atoms with E-state index in [4.69, 9.17) is 10.8 Å². The topological polar surface area (TPSA) is 92.4 Å². The van der Waals surface area contributed by atoms with Crippen LogP contribution in [0.15, 0.2) is 54.6 Å². The molecule has 2 rings (SSSR count). The number of amides is 1. The van der Waals surface area contributed by atoms with Crippen LogP contribution in [0.1, 0.15) is 27.5 Å². The van der Waals surface area contributed by atoms with Crippen molar-refractivity contribution in [1.29, 1.82) is 0 Å². The zero-order valence-corrected chi connectivity index (χ0v) is 11.3. The Hall–Kier alpha value is -2.66. The van der Waals surface area contributed by atoms with Crippen LogP contribution < -0.4 is 11.1 Å². The molecule has 0 aromatic heterocycles. The van der Waals surface area contributed by atoms with Gasteiger partial charge in [0.2, 0.25) is 5.91 Å². The molecule has 0 fully saturated rings. The summed E-state index contributed by atoms with van der Waals surface area (Å²) >= 11 is 0. The van der Waals surface area contributed by atoms with Crippen molar-refractivity contribution in [1.82, 2.24) is 5.32 Å². The number of nitrogens with two attached hydrogens (primary N) is 1. The van der Waals surface area contributed by atoms with Crippen LogP contribution in [0.4, 0.5) is 0 Å². The molecule has 0 aliphatic heterocycles. The molecule has 5 nitrogen and oxygen atoms in total. The second-order valence-corrected chi connectivity index (χ2v) is 4.61. The van der Waals surface area contributed by atoms with Gasteiger partial charge in [-0.1, -0.05) is 42.5 Å². The van der Waals surface area contributed by atoms with Gasteiger partial charge in [0.15, 0.2) is 0 Å². The fourth-order valence-electron chi connectivity index (χ4n) is 1.93. The van der Waals surface area contributed by atoms with Crippen LogP contribution in [0, 0.1) is 0 Å². The Balaban J connectivity index is 1.98. The zero-order valence-electron chi connectivity index (χ0n) is 11.3. The van der Waals surface area contributed by atoms with Crippen molar-refractivity contribution in [2.24, 2.45) is 5.73 Å². The summed E-state index contributed by atoms with van der Waals surface area (Å²) in [6, 6.07) is 14.7. The lowest BCUT2D eigenvalue weighted by atomic mass is 10.1. The van der Waals surface area contributed by atoms with E-state index in [2.05, 4.69) is 5.32 Å². The Bertz CT molecular complexity index is 641. The number of carbonyl (C=O) groups excluding carboxylic acids is 1. The van der Waals surface area contributed by atoms with Gasteiger partial charge in [-0.15, -0.1) is 0 Å². The van der Waals surface area contributed by atoms with Crippen LogP contribution in [-0.4, -0.2) is 17.0 Å². The second kappa shape index (κ2) is 6.67. The molecule has 108 valence electrons. The molecule has 0 saturated carbocycles. The molecule has 2 aromatic carbocycles. The van der Waals surface area contributed by atoms with Gasteiger partial charge in [-0.25, -0.2) is 4.79 Å². The first-order chi connectivity index (χ1) is 10.1. The Morgan fingerprint density at radius 1 is 1.10 bits per heavy atom. The van der Waals surface area contributed by atoms with Crippen LogP contribution in [0.2, 0.25) is 0 Å². The standard InChI is InChI=1S/C16H16N2O3/c17-14(12-6-2-1-3-7-12)15(19)18-10-11-5-4-8-13(9-11)16(20)21/h1-9,14H,10,17H2,(H,18,19)(H,20,21). The normalized spacial score (nSPS) is 11.7. The molecule has 1 unspecified atom stereocenters. The third-order valence-corrected chi connectivity index (χ3v) is 3.08. The van der Waals surface area contributed by atoms with E-state index in [1.807, 2.05) is 18.2 Å². The number of hydrogen-bond donors (Lipinski definition) is 3. The van der Waals surface area contributed by atoms with Gasteiger partial charge in [-0.2, -0.15) is 0 Å². The molecule has 1 atom stereocenters. The molecular weight excluding hydrogens is 268 g/mol. The van der Waals surface area contributed by atoms with E-state index in [0.29, 0.717) is 5.56 Å². The monoisotopic (exact) mass is 284 g/mol. The average molecular weight is 284 g/mol. The Morgan fingerprint density at radius 2 is 1.81 bits per heavy atom. The van der Waals surface area contributed by atoms with Crippen molar-refractivity contribution in [2.45, 2.75) is 12.6 Å². The van der Waals surface area contributed by atoms with Gasteiger partial charge in [0, 0.05) is 6.54 Å². The fourth-order valence-corrected chi connectivity index (χ4v) is 1.93. The number of carboxylic acid groups (broad SMARTS) is 1. The highest BCUT2D eigenvalue weighted by Gasteiger charge is 2.15. The summed E-state index contributed by atoms with van der Waals surface area (Å²) < 4.78 is 0. The third-order valence-electron chi connectivity index (χ3n) is 3.08. The van der Waals surface area contributed by atoms with E-state index in [1.165, 1.54) is 12.1 Å². The fraction of sp³-hybridized carbons (Fsp3) is 0.125. The Labute approximate surface area is 122 Å². The number of benzene rings is 2. The maximum atomic E-state index is 12.0. The SMILES string of the molecule is NC(C(=O)NCc1cccc(C(=O)O)c1)c1ccccc1. The molecule has 4 N–H and O–H groups in total. The molecule has 0 spiro atoms. The van der Waals surface area contributed by atoms with Crippen molar-refractivity contribution >= 4 is 11.9 Å². The predicted octanol–water partition coefficient (Wildman–Crippen LogP) is 1.70. The summed E-state index contributed by atoms with van der Waals surface area (Å²) in [5, 5.41) is 11.6. The zero-order chi connectivity index (χ0) is 15.2. The first-order valence-corrected chi connectivity index (χ1v) is 6.48. The van der Waals surface area contributed by atoms with Gasteiger partial charge in [-0.05, 0) is 23.3 Å². The van der Waals surface area contributed by atoms with Gasteiger partial charge < -0.3 is 16.2 Å². The summed E-state index contributed by atoms with van der Waals surface area (Å²) in [6.45, 7) is 0.237. The quantitative estimate of drug-likeness (QED) is 0.779. The highest BCUT2D eigenvalue weighted by Crippen LogP contribution is 2.10. The minimum Gasteiger partial charge on any atom is -0.478 e. The van der Waals surface area contributed by atoms with Crippen LogP contribution >= 0.6 is 0 Å². The maximum absolute atomic E-state index is 12.0. The van der Waals surface area contributed by atoms with Crippen molar-refractivity contribution in [3.63, 3.8) is 0 Å². The average Bonchev–Trinajstić information content (AvgIpc) is 2.53. The second-order valence-electron chi connectivity index (χ2n) is 4.61. The van der Waals surface area contributed by atoms with Gasteiger partial charge in [0.25, 0.3) is 0 Å². The largest absolute Gasteiger partial charge is 0.478 e. The molecule has 2 aromatic rings. The van der Waals surface area contributed by atoms with Gasteiger partial charge in [0.1, 0.15) is 6.04 Å². The number of hydrogen-bond acceptors (Lipinski definition) is 3. The van der Waals surface area contributed by atoms with Crippen molar-refractivity contribution in [3.05, 3.63) is 71.3 Å². The number of aromatic carboxylic acids is 1. The molecular formula is C16H16N2O3. The van der Waals surface area contributed by atoms with Crippen molar-refractivity contribution < 1.29 is 14.7 Å². The highest BCUT2D eigenvalue weighted by atomic mass is 16.4. The maximum Gasteiger partial charge on any atom is 0.335 e. The number of rotatable bonds is 5. The van der Waals surface area contributed by atoms with E-state index >= 15 is 0 Å². The molecule has 0 radical (unpaired) electrons. The molecule has 21 heavy (non-hydrogen) atoms. The summed E-state index contributed by atoms with van der Waals surface area (Å²) in [4.78, 5) is 22.9. The molecule has 0 aliphatic carbocycles. The summed E-state index contributed by atoms with van der Waals surface area (Å²) in [6.07, 6.45) is 0. The van der Waals surface area contributed by atoms with E-state index in [0.717, 1.165) is 5.56 Å².